The zero-order chi connectivity index (χ0) is 10.8. The molecule has 0 unspecified atom stereocenters. The van der Waals surface area contributed by atoms with Gasteiger partial charge in [0.15, 0.2) is 0 Å². The summed E-state index contributed by atoms with van der Waals surface area (Å²) in [5, 5.41) is 4.46. The van der Waals surface area contributed by atoms with E-state index >= 15 is 0 Å². The number of halogens is 1. The Kier molecular flexibility index (Phi) is 2.86. The molecule has 2 rings (SSSR count). The van der Waals surface area contributed by atoms with Crippen LogP contribution in [0.2, 0.25) is 0 Å². The first-order valence-electron chi connectivity index (χ1n) is 4.84. The van der Waals surface area contributed by atoms with Gasteiger partial charge in [0, 0.05) is 22.9 Å². The minimum atomic E-state index is 0.376. The fourth-order valence-corrected chi connectivity index (χ4v) is 1.78. The number of hydrogen-bond acceptors (Lipinski definition) is 2. The van der Waals surface area contributed by atoms with Gasteiger partial charge in [-0.15, -0.1) is 0 Å². The summed E-state index contributed by atoms with van der Waals surface area (Å²) >= 11 is 3.47. The summed E-state index contributed by atoms with van der Waals surface area (Å²) < 4.78 is 2.90. The van der Waals surface area contributed by atoms with Crippen LogP contribution in [0.1, 0.15) is 19.9 Å². The van der Waals surface area contributed by atoms with Crippen molar-refractivity contribution in [2.75, 3.05) is 0 Å². The van der Waals surface area contributed by atoms with E-state index in [1.54, 1.807) is 6.20 Å². The third kappa shape index (κ3) is 2.09. The van der Waals surface area contributed by atoms with Gasteiger partial charge < -0.3 is 0 Å². The van der Waals surface area contributed by atoms with E-state index in [2.05, 4.69) is 39.9 Å². The highest BCUT2D eigenvalue weighted by atomic mass is 79.9. The summed E-state index contributed by atoms with van der Waals surface area (Å²) in [7, 11) is 0. The van der Waals surface area contributed by atoms with Crippen molar-refractivity contribution in [2.45, 2.75) is 19.9 Å². The molecule has 0 fully saturated rings. The van der Waals surface area contributed by atoms with Crippen LogP contribution < -0.4 is 0 Å². The lowest BCUT2D eigenvalue weighted by molar-refractivity contribution is 0.534. The van der Waals surface area contributed by atoms with E-state index < -0.39 is 0 Å². The highest BCUT2D eigenvalue weighted by molar-refractivity contribution is 9.10. The van der Waals surface area contributed by atoms with Crippen LogP contribution in [0, 0.1) is 0 Å². The summed E-state index contributed by atoms with van der Waals surface area (Å²) in [4.78, 5) is 4.30. The van der Waals surface area contributed by atoms with Crippen LogP contribution in [0.15, 0.2) is 35.1 Å². The topological polar surface area (TPSA) is 30.7 Å². The van der Waals surface area contributed by atoms with Crippen molar-refractivity contribution in [1.29, 1.82) is 0 Å². The molecule has 0 atom stereocenters. The monoisotopic (exact) mass is 265 g/mol. The zero-order valence-electron chi connectivity index (χ0n) is 8.68. The molecule has 0 aliphatic heterocycles. The second-order valence-corrected chi connectivity index (χ2v) is 4.46. The normalized spacial score (nSPS) is 10.9. The lowest BCUT2D eigenvalue weighted by Crippen LogP contribution is -2.01. The van der Waals surface area contributed by atoms with Crippen molar-refractivity contribution < 1.29 is 0 Å². The largest absolute Gasteiger partial charge is 0.270 e. The molecule has 4 heteroatoms. The molecule has 2 heterocycles. The Hall–Kier alpha value is -1.16. The van der Waals surface area contributed by atoms with E-state index in [0.29, 0.717) is 6.04 Å². The van der Waals surface area contributed by atoms with Crippen LogP contribution in [0.4, 0.5) is 0 Å². The van der Waals surface area contributed by atoms with Crippen molar-refractivity contribution in [3.05, 3.63) is 35.1 Å². The first-order valence-corrected chi connectivity index (χ1v) is 5.64. The first-order chi connectivity index (χ1) is 7.18. The average Bonchev–Trinajstić information content (AvgIpc) is 2.67. The molecule has 0 spiro atoms. The molecule has 0 aromatic carbocycles. The van der Waals surface area contributed by atoms with Crippen LogP contribution in [-0.4, -0.2) is 14.8 Å². The Balaban J connectivity index is 2.42. The lowest BCUT2D eigenvalue weighted by atomic mass is 10.3. The van der Waals surface area contributed by atoms with Gasteiger partial charge in [-0.25, -0.2) is 0 Å². The van der Waals surface area contributed by atoms with Gasteiger partial charge in [0.25, 0.3) is 0 Å². The molecule has 2 aromatic rings. The average molecular weight is 266 g/mol. The molecular weight excluding hydrogens is 254 g/mol. The molecular formula is C11H12BrN3. The maximum atomic E-state index is 4.46. The maximum Gasteiger partial charge on any atom is 0.112 e. The van der Waals surface area contributed by atoms with E-state index in [4.69, 9.17) is 0 Å². The molecule has 78 valence electrons. The molecule has 15 heavy (non-hydrogen) atoms. The van der Waals surface area contributed by atoms with E-state index in [9.17, 15) is 0 Å². The van der Waals surface area contributed by atoms with Gasteiger partial charge in [0.05, 0.1) is 0 Å². The van der Waals surface area contributed by atoms with E-state index in [-0.39, 0.29) is 0 Å². The van der Waals surface area contributed by atoms with Crippen LogP contribution >= 0.6 is 15.9 Å². The van der Waals surface area contributed by atoms with Gasteiger partial charge in [0.1, 0.15) is 11.4 Å². The minimum Gasteiger partial charge on any atom is -0.270 e. The predicted octanol–water partition coefficient (Wildman–Crippen LogP) is 3.29. The number of aromatic nitrogens is 3. The van der Waals surface area contributed by atoms with E-state index in [1.807, 2.05) is 29.1 Å². The van der Waals surface area contributed by atoms with Crippen molar-refractivity contribution in [2.24, 2.45) is 0 Å². The zero-order valence-corrected chi connectivity index (χ0v) is 10.3. The maximum absolute atomic E-state index is 4.46. The van der Waals surface area contributed by atoms with E-state index in [1.165, 1.54) is 0 Å². The standard InChI is InChI=1S/C11H12BrN3/c1-8(2)15-7-5-10(14-15)11-9(12)4-3-6-13-11/h3-8H,1-2H3. The SMILES string of the molecule is CC(C)n1ccc(-c2ncccc2Br)n1. The van der Waals surface area contributed by atoms with Gasteiger partial charge in [-0.1, -0.05) is 0 Å². The summed E-state index contributed by atoms with van der Waals surface area (Å²) in [5.41, 5.74) is 1.79. The Bertz CT molecular complexity index is 462. The molecule has 0 bridgehead atoms. The summed E-state index contributed by atoms with van der Waals surface area (Å²) in [5.74, 6) is 0. The second-order valence-electron chi connectivity index (χ2n) is 3.61. The molecule has 0 aliphatic carbocycles. The van der Waals surface area contributed by atoms with Crippen molar-refractivity contribution in [3.63, 3.8) is 0 Å². The fraction of sp³-hybridized carbons (Fsp3) is 0.273. The van der Waals surface area contributed by atoms with Gasteiger partial charge in [0.2, 0.25) is 0 Å². The summed E-state index contributed by atoms with van der Waals surface area (Å²) in [6.45, 7) is 4.20. The van der Waals surface area contributed by atoms with Gasteiger partial charge in [-0.2, -0.15) is 5.10 Å². The summed E-state index contributed by atoms with van der Waals surface area (Å²) in [6, 6.07) is 6.22. The van der Waals surface area contributed by atoms with Crippen molar-refractivity contribution in [1.82, 2.24) is 14.8 Å². The van der Waals surface area contributed by atoms with Crippen molar-refractivity contribution >= 4 is 15.9 Å². The first kappa shape index (κ1) is 10.4. The van der Waals surface area contributed by atoms with Gasteiger partial charge >= 0.3 is 0 Å². The molecule has 0 amide bonds. The molecule has 0 radical (unpaired) electrons. The third-order valence-corrected chi connectivity index (χ3v) is 2.78. The van der Waals surface area contributed by atoms with Crippen LogP contribution in [0.25, 0.3) is 11.4 Å². The number of hydrogen-bond donors (Lipinski definition) is 0. The van der Waals surface area contributed by atoms with Crippen LogP contribution in [-0.2, 0) is 0 Å². The molecule has 0 aliphatic rings. The Morgan fingerprint density at radius 2 is 2.13 bits per heavy atom. The van der Waals surface area contributed by atoms with Gasteiger partial charge in [-0.05, 0) is 48.0 Å². The number of rotatable bonds is 2. The summed E-state index contributed by atoms with van der Waals surface area (Å²) in [6.07, 6.45) is 3.75. The Labute approximate surface area is 97.3 Å². The molecule has 0 saturated heterocycles. The predicted molar refractivity (Wildman–Crippen MR) is 63.5 cm³/mol. The smallest absolute Gasteiger partial charge is 0.112 e. The Morgan fingerprint density at radius 1 is 1.33 bits per heavy atom. The molecule has 0 saturated carbocycles. The number of pyridine rings is 1. The lowest BCUT2D eigenvalue weighted by Gasteiger charge is -2.04. The number of nitrogens with zero attached hydrogens (tertiary/aromatic N) is 3. The molecule has 0 N–H and O–H groups in total. The third-order valence-electron chi connectivity index (χ3n) is 2.14. The highest BCUT2D eigenvalue weighted by Gasteiger charge is 2.08. The van der Waals surface area contributed by atoms with Crippen LogP contribution in [0.5, 0.6) is 0 Å². The second kappa shape index (κ2) is 4.14. The molecule has 2 aromatic heterocycles. The van der Waals surface area contributed by atoms with E-state index in [0.717, 1.165) is 15.9 Å². The van der Waals surface area contributed by atoms with Gasteiger partial charge in [-0.3, -0.25) is 9.67 Å². The van der Waals surface area contributed by atoms with Crippen LogP contribution in [0.3, 0.4) is 0 Å². The van der Waals surface area contributed by atoms with Crippen molar-refractivity contribution in [3.8, 4) is 11.4 Å². The quantitative estimate of drug-likeness (QED) is 0.835. The fourth-order valence-electron chi connectivity index (χ4n) is 1.33. The minimum absolute atomic E-state index is 0.376. The highest BCUT2D eigenvalue weighted by Crippen LogP contribution is 2.24. The molecule has 3 nitrogen and oxygen atoms in total. The Morgan fingerprint density at radius 3 is 2.73 bits per heavy atom.